The molecule has 0 heterocycles. The zero-order valence-corrected chi connectivity index (χ0v) is 11.4. The summed E-state index contributed by atoms with van der Waals surface area (Å²) >= 11 is 0. The van der Waals surface area contributed by atoms with Crippen LogP contribution in [0.2, 0.25) is 0 Å². The van der Waals surface area contributed by atoms with Crippen molar-refractivity contribution in [2.45, 2.75) is 26.1 Å². The predicted molar refractivity (Wildman–Crippen MR) is 74.9 cm³/mol. The number of ether oxygens (including phenoxy) is 2. The van der Waals surface area contributed by atoms with E-state index in [2.05, 4.69) is 0 Å². The summed E-state index contributed by atoms with van der Waals surface area (Å²) < 4.78 is 10.6. The van der Waals surface area contributed by atoms with Crippen molar-refractivity contribution in [1.29, 1.82) is 0 Å². The number of esters is 1. The number of rotatable bonds is 4. The first-order valence-corrected chi connectivity index (χ1v) is 6.34. The van der Waals surface area contributed by atoms with Crippen LogP contribution in [0.4, 0.5) is 0 Å². The van der Waals surface area contributed by atoms with E-state index in [4.69, 9.17) is 9.47 Å². The minimum Gasteiger partial charge on any atom is -0.461 e. The van der Waals surface area contributed by atoms with Crippen LogP contribution in [-0.2, 0) is 14.3 Å². The molecule has 0 fully saturated rings. The zero-order valence-electron chi connectivity index (χ0n) is 11.4. The van der Waals surface area contributed by atoms with Crippen LogP contribution in [0.3, 0.4) is 0 Å². The molecule has 0 amide bonds. The Morgan fingerprint density at radius 2 is 1.74 bits per heavy atom. The monoisotopic (exact) mass is 258 g/mol. The molecule has 0 aliphatic rings. The van der Waals surface area contributed by atoms with Crippen molar-refractivity contribution in [1.82, 2.24) is 0 Å². The van der Waals surface area contributed by atoms with Crippen molar-refractivity contribution in [2.75, 3.05) is 7.11 Å². The highest BCUT2D eigenvalue weighted by molar-refractivity contribution is 5.90. The predicted octanol–water partition coefficient (Wildman–Crippen LogP) is 3.48. The van der Waals surface area contributed by atoms with E-state index in [9.17, 15) is 4.79 Å². The third-order valence-corrected chi connectivity index (χ3v) is 2.91. The molecule has 0 aromatic heterocycles. The minimum atomic E-state index is -0.687. The number of carbonyl (C=O) groups is 1. The Balaban J connectivity index is 2.43. The van der Waals surface area contributed by atoms with E-state index < -0.39 is 6.10 Å². The second-order valence-electron chi connectivity index (χ2n) is 4.67. The molecule has 0 N–H and O–H groups in total. The van der Waals surface area contributed by atoms with Gasteiger partial charge in [0.1, 0.15) is 0 Å². The fraction of sp³-hybridized carbons (Fsp3) is 0.312. The summed E-state index contributed by atoms with van der Waals surface area (Å²) in [6.07, 6.45) is -0.839. The molecule has 0 saturated carbocycles. The van der Waals surface area contributed by atoms with E-state index in [0.717, 1.165) is 16.3 Å². The van der Waals surface area contributed by atoms with Gasteiger partial charge < -0.3 is 9.47 Å². The number of carbonyl (C=O) groups excluding carboxylic acids is 1. The molecular weight excluding hydrogens is 240 g/mol. The lowest BCUT2D eigenvalue weighted by Crippen LogP contribution is -2.21. The normalized spacial score (nSPS) is 12.6. The zero-order chi connectivity index (χ0) is 13.8. The molecule has 2 aromatic carbocycles. The minimum absolute atomic E-state index is 0.153. The van der Waals surface area contributed by atoms with E-state index in [1.807, 2.05) is 56.3 Å². The topological polar surface area (TPSA) is 35.5 Å². The number of methoxy groups -OCH3 is 1. The number of fused-ring (bicyclic) bond motifs is 1. The number of benzene rings is 2. The van der Waals surface area contributed by atoms with Crippen molar-refractivity contribution in [3.05, 3.63) is 48.0 Å². The molecule has 3 heteroatoms. The van der Waals surface area contributed by atoms with Crippen LogP contribution >= 0.6 is 0 Å². The molecule has 2 rings (SSSR count). The van der Waals surface area contributed by atoms with E-state index in [-0.39, 0.29) is 12.1 Å². The largest absolute Gasteiger partial charge is 0.461 e. The molecule has 0 aliphatic heterocycles. The van der Waals surface area contributed by atoms with E-state index >= 15 is 0 Å². The van der Waals surface area contributed by atoms with Crippen LogP contribution < -0.4 is 0 Å². The van der Waals surface area contributed by atoms with Crippen molar-refractivity contribution in [3.63, 3.8) is 0 Å². The van der Waals surface area contributed by atoms with Gasteiger partial charge in [0.2, 0.25) is 0 Å². The van der Waals surface area contributed by atoms with Crippen molar-refractivity contribution >= 4 is 16.7 Å². The average molecular weight is 258 g/mol. The second kappa shape index (κ2) is 5.85. The smallest absolute Gasteiger partial charge is 0.340 e. The lowest BCUT2D eigenvalue weighted by Gasteiger charge is -2.18. The number of hydrogen-bond acceptors (Lipinski definition) is 3. The van der Waals surface area contributed by atoms with Gasteiger partial charge in [0, 0.05) is 7.11 Å². The third-order valence-electron chi connectivity index (χ3n) is 2.91. The second-order valence-corrected chi connectivity index (χ2v) is 4.67. The van der Waals surface area contributed by atoms with Crippen LogP contribution in [0.25, 0.3) is 10.8 Å². The van der Waals surface area contributed by atoms with Gasteiger partial charge in [0.15, 0.2) is 6.10 Å². The van der Waals surface area contributed by atoms with Crippen molar-refractivity contribution in [2.24, 2.45) is 0 Å². The summed E-state index contributed by atoms with van der Waals surface area (Å²) in [6.45, 7) is 3.65. The molecule has 100 valence electrons. The Labute approximate surface area is 113 Å². The molecule has 0 aliphatic carbocycles. The van der Waals surface area contributed by atoms with Crippen LogP contribution in [-0.4, -0.2) is 19.2 Å². The highest BCUT2D eigenvalue weighted by Crippen LogP contribution is 2.27. The maximum Gasteiger partial charge on any atom is 0.340 e. The fourth-order valence-corrected chi connectivity index (χ4v) is 2.12. The fourth-order valence-electron chi connectivity index (χ4n) is 2.12. The summed E-state index contributed by atoms with van der Waals surface area (Å²) in [5, 5.41) is 2.09. The summed E-state index contributed by atoms with van der Waals surface area (Å²) in [6, 6.07) is 13.8. The molecule has 0 bridgehead atoms. The third kappa shape index (κ3) is 2.93. The summed E-state index contributed by atoms with van der Waals surface area (Å²) in [7, 11) is 1.52. The molecule has 19 heavy (non-hydrogen) atoms. The first kappa shape index (κ1) is 13.6. The Kier molecular flexibility index (Phi) is 4.17. The van der Waals surface area contributed by atoms with Gasteiger partial charge in [-0.1, -0.05) is 42.5 Å². The van der Waals surface area contributed by atoms with Crippen LogP contribution in [0, 0.1) is 0 Å². The van der Waals surface area contributed by atoms with Gasteiger partial charge in [-0.15, -0.1) is 0 Å². The Morgan fingerprint density at radius 1 is 1.05 bits per heavy atom. The maximum absolute atomic E-state index is 12.1. The van der Waals surface area contributed by atoms with E-state index in [1.165, 1.54) is 7.11 Å². The van der Waals surface area contributed by atoms with Gasteiger partial charge in [-0.05, 0) is 30.2 Å². The molecule has 0 radical (unpaired) electrons. The first-order chi connectivity index (χ1) is 9.13. The molecule has 0 unspecified atom stereocenters. The summed E-state index contributed by atoms with van der Waals surface area (Å²) in [4.78, 5) is 12.1. The molecule has 2 aromatic rings. The van der Waals surface area contributed by atoms with Gasteiger partial charge in [-0.3, -0.25) is 0 Å². The molecule has 0 saturated heterocycles. The van der Waals surface area contributed by atoms with Crippen molar-refractivity contribution in [3.8, 4) is 0 Å². The Bertz CT molecular complexity index is 570. The van der Waals surface area contributed by atoms with Crippen LogP contribution in [0.15, 0.2) is 42.5 Å². The molecule has 1 atom stereocenters. The highest BCUT2D eigenvalue weighted by atomic mass is 16.6. The highest BCUT2D eigenvalue weighted by Gasteiger charge is 2.24. The quantitative estimate of drug-likeness (QED) is 0.788. The lowest BCUT2D eigenvalue weighted by molar-refractivity contribution is -0.159. The Morgan fingerprint density at radius 3 is 2.42 bits per heavy atom. The molecule has 0 spiro atoms. The van der Waals surface area contributed by atoms with Gasteiger partial charge in [0.25, 0.3) is 0 Å². The van der Waals surface area contributed by atoms with Gasteiger partial charge >= 0.3 is 5.97 Å². The summed E-state index contributed by atoms with van der Waals surface area (Å²) in [5.74, 6) is -0.353. The van der Waals surface area contributed by atoms with Gasteiger partial charge in [0.05, 0.1) is 6.10 Å². The van der Waals surface area contributed by atoms with Gasteiger partial charge in [-0.25, -0.2) is 4.79 Å². The van der Waals surface area contributed by atoms with Crippen LogP contribution in [0.1, 0.15) is 25.5 Å². The number of hydrogen-bond donors (Lipinski definition) is 0. The van der Waals surface area contributed by atoms with Crippen molar-refractivity contribution < 1.29 is 14.3 Å². The standard InChI is InChI=1S/C16H18O3/c1-11(2)19-16(17)15(18-3)14-10-6-8-12-7-4-5-9-13(12)14/h4-11,15H,1-3H3/t15-/m1/s1. The van der Waals surface area contributed by atoms with Gasteiger partial charge in [-0.2, -0.15) is 0 Å². The van der Waals surface area contributed by atoms with Crippen LogP contribution in [0.5, 0.6) is 0 Å². The first-order valence-electron chi connectivity index (χ1n) is 6.34. The summed E-state index contributed by atoms with van der Waals surface area (Å²) in [5.41, 5.74) is 0.839. The maximum atomic E-state index is 12.1. The Hall–Kier alpha value is -1.87. The molecule has 3 nitrogen and oxygen atoms in total. The average Bonchev–Trinajstić information content (AvgIpc) is 2.39. The molecular formula is C16H18O3. The van der Waals surface area contributed by atoms with E-state index in [0.29, 0.717) is 0 Å². The lowest BCUT2D eigenvalue weighted by atomic mass is 10.0. The SMILES string of the molecule is CO[C@@H](C(=O)OC(C)C)c1cccc2ccccc12. The van der Waals surface area contributed by atoms with E-state index in [1.54, 1.807) is 0 Å².